The Morgan fingerprint density at radius 1 is 1.04 bits per heavy atom. The summed E-state index contributed by atoms with van der Waals surface area (Å²) in [5.74, 6) is 1.17. The molecule has 0 spiro atoms. The maximum Gasteiger partial charge on any atom is 0.320 e. The molecular formula is C18H23N5O. The molecule has 1 aromatic carbocycles. The maximum atomic E-state index is 12.0. The summed E-state index contributed by atoms with van der Waals surface area (Å²) in [4.78, 5) is 14.0. The number of aromatic nitrogens is 2. The number of amides is 2. The largest absolute Gasteiger partial charge is 0.335 e. The number of urea groups is 1. The molecule has 1 heterocycles. The molecular weight excluding hydrogens is 302 g/mol. The minimum Gasteiger partial charge on any atom is -0.335 e. The molecule has 24 heavy (non-hydrogen) atoms. The van der Waals surface area contributed by atoms with Gasteiger partial charge in [0.05, 0.1) is 0 Å². The summed E-state index contributed by atoms with van der Waals surface area (Å²) < 4.78 is 0. The van der Waals surface area contributed by atoms with Crippen LogP contribution in [0.3, 0.4) is 0 Å². The zero-order valence-electron chi connectivity index (χ0n) is 13.9. The van der Waals surface area contributed by atoms with Crippen LogP contribution in [-0.4, -0.2) is 29.3 Å². The van der Waals surface area contributed by atoms with Gasteiger partial charge >= 0.3 is 6.03 Å². The van der Waals surface area contributed by atoms with E-state index in [4.69, 9.17) is 0 Å². The molecule has 2 amide bonds. The van der Waals surface area contributed by atoms with Gasteiger partial charge in [-0.25, -0.2) is 4.79 Å². The average Bonchev–Trinajstić information content (AvgIpc) is 2.63. The molecule has 1 aromatic heterocycles. The Morgan fingerprint density at radius 3 is 2.46 bits per heavy atom. The van der Waals surface area contributed by atoms with Crippen molar-refractivity contribution in [3.8, 4) is 0 Å². The first-order chi connectivity index (χ1) is 11.7. The van der Waals surface area contributed by atoms with Crippen LogP contribution in [0, 0.1) is 0 Å². The first-order valence-electron chi connectivity index (χ1n) is 8.42. The molecule has 1 saturated carbocycles. The fraction of sp³-hybridized carbons (Fsp3) is 0.389. The zero-order valence-corrected chi connectivity index (χ0v) is 13.9. The van der Waals surface area contributed by atoms with Gasteiger partial charge in [-0.2, -0.15) is 0 Å². The monoisotopic (exact) mass is 325 g/mol. The van der Waals surface area contributed by atoms with Gasteiger partial charge in [-0.05, 0) is 37.1 Å². The Kier molecular flexibility index (Phi) is 5.25. The summed E-state index contributed by atoms with van der Waals surface area (Å²) in [6.45, 7) is 0. The molecule has 0 radical (unpaired) electrons. The molecule has 1 aliphatic carbocycles. The minimum atomic E-state index is -0.208. The number of para-hydroxylation sites is 1. The van der Waals surface area contributed by atoms with E-state index in [1.165, 1.54) is 19.3 Å². The molecule has 1 fully saturated rings. The standard InChI is InChI=1S/C18H23N5O/c1-23(15-10-6-3-7-11-15)17-13-12-16(21-22-17)20-18(24)19-14-8-4-2-5-9-14/h3,6-7,10-14H,2,4-5,8-9H2,1H3,(H2,19,20,21,24). The number of hydrogen-bond acceptors (Lipinski definition) is 4. The van der Waals surface area contributed by atoms with E-state index in [1.807, 2.05) is 48.3 Å². The smallest absolute Gasteiger partial charge is 0.320 e. The molecule has 2 aromatic rings. The highest BCUT2D eigenvalue weighted by molar-refractivity contribution is 5.88. The summed E-state index contributed by atoms with van der Waals surface area (Å²) >= 11 is 0. The molecule has 0 unspecified atom stereocenters. The van der Waals surface area contributed by atoms with E-state index in [9.17, 15) is 4.79 Å². The van der Waals surface area contributed by atoms with Crippen molar-refractivity contribution >= 4 is 23.4 Å². The lowest BCUT2D eigenvalue weighted by Crippen LogP contribution is -2.39. The molecule has 0 bridgehead atoms. The number of anilines is 3. The fourth-order valence-electron chi connectivity index (χ4n) is 2.94. The van der Waals surface area contributed by atoms with Gasteiger partial charge in [-0.3, -0.25) is 5.32 Å². The summed E-state index contributed by atoms with van der Waals surface area (Å²) in [7, 11) is 1.93. The van der Waals surface area contributed by atoms with Gasteiger partial charge in [-0.15, -0.1) is 10.2 Å². The number of hydrogen-bond donors (Lipinski definition) is 2. The highest BCUT2D eigenvalue weighted by Gasteiger charge is 2.16. The van der Waals surface area contributed by atoms with Crippen LogP contribution in [0.1, 0.15) is 32.1 Å². The molecule has 1 aliphatic rings. The predicted octanol–water partition coefficient (Wildman–Crippen LogP) is 3.70. The van der Waals surface area contributed by atoms with E-state index in [2.05, 4.69) is 20.8 Å². The normalized spacial score (nSPS) is 14.9. The van der Waals surface area contributed by atoms with Crippen molar-refractivity contribution in [1.29, 1.82) is 0 Å². The van der Waals surface area contributed by atoms with Gasteiger partial charge in [0.15, 0.2) is 11.6 Å². The Labute approximate surface area is 142 Å². The third-order valence-corrected chi connectivity index (χ3v) is 4.32. The van der Waals surface area contributed by atoms with Crippen molar-refractivity contribution in [2.75, 3.05) is 17.3 Å². The third-order valence-electron chi connectivity index (χ3n) is 4.32. The molecule has 0 atom stereocenters. The van der Waals surface area contributed by atoms with Crippen molar-refractivity contribution in [2.24, 2.45) is 0 Å². The number of nitrogens with one attached hydrogen (secondary N) is 2. The van der Waals surface area contributed by atoms with Crippen molar-refractivity contribution in [2.45, 2.75) is 38.1 Å². The van der Waals surface area contributed by atoms with Gasteiger partial charge < -0.3 is 10.2 Å². The Hall–Kier alpha value is -2.63. The van der Waals surface area contributed by atoms with Crippen molar-refractivity contribution in [3.63, 3.8) is 0 Å². The van der Waals surface area contributed by atoms with Crippen molar-refractivity contribution < 1.29 is 4.79 Å². The third kappa shape index (κ3) is 4.22. The first kappa shape index (κ1) is 16.2. The van der Waals surface area contributed by atoms with Crippen LogP contribution in [0.4, 0.5) is 22.1 Å². The van der Waals surface area contributed by atoms with E-state index in [-0.39, 0.29) is 12.1 Å². The number of carbonyl (C=O) groups excluding carboxylic acids is 1. The second-order valence-corrected chi connectivity index (χ2v) is 6.10. The topological polar surface area (TPSA) is 70.2 Å². The lowest BCUT2D eigenvalue weighted by Gasteiger charge is -2.22. The van der Waals surface area contributed by atoms with Crippen LogP contribution in [0.25, 0.3) is 0 Å². The molecule has 3 rings (SSSR count). The lowest BCUT2D eigenvalue weighted by atomic mass is 9.96. The Morgan fingerprint density at radius 2 is 1.79 bits per heavy atom. The highest BCUT2D eigenvalue weighted by atomic mass is 16.2. The summed E-state index contributed by atoms with van der Waals surface area (Å²) in [6.07, 6.45) is 5.75. The number of carbonyl (C=O) groups is 1. The van der Waals surface area contributed by atoms with E-state index in [1.54, 1.807) is 6.07 Å². The molecule has 6 nitrogen and oxygen atoms in total. The van der Waals surface area contributed by atoms with Gasteiger partial charge in [0.1, 0.15) is 0 Å². The Balaban J connectivity index is 1.57. The SMILES string of the molecule is CN(c1ccccc1)c1ccc(NC(=O)NC2CCCCC2)nn1. The number of nitrogens with zero attached hydrogens (tertiary/aromatic N) is 3. The Bertz CT molecular complexity index is 653. The van der Waals surface area contributed by atoms with Crippen LogP contribution < -0.4 is 15.5 Å². The van der Waals surface area contributed by atoms with Crippen LogP contribution in [0.2, 0.25) is 0 Å². The highest BCUT2D eigenvalue weighted by Crippen LogP contribution is 2.21. The molecule has 2 N–H and O–H groups in total. The predicted molar refractivity (Wildman–Crippen MR) is 95.6 cm³/mol. The second-order valence-electron chi connectivity index (χ2n) is 6.10. The van der Waals surface area contributed by atoms with Gasteiger partial charge in [0, 0.05) is 18.8 Å². The van der Waals surface area contributed by atoms with E-state index in [0.29, 0.717) is 5.82 Å². The molecule has 0 aliphatic heterocycles. The van der Waals surface area contributed by atoms with Gasteiger partial charge in [0.2, 0.25) is 0 Å². The summed E-state index contributed by atoms with van der Waals surface area (Å²) in [5, 5.41) is 14.0. The first-order valence-corrected chi connectivity index (χ1v) is 8.42. The molecule has 126 valence electrons. The van der Waals surface area contributed by atoms with Crippen molar-refractivity contribution in [1.82, 2.24) is 15.5 Å². The minimum absolute atomic E-state index is 0.208. The van der Waals surface area contributed by atoms with Gasteiger partial charge in [0.25, 0.3) is 0 Å². The zero-order chi connectivity index (χ0) is 16.8. The molecule has 6 heteroatoms. The van der Waals surface area contributed by atoms with Gasteiger partial charge in [-0.1, -0.05) is 37.5 Å². The van der Waals surface area contributed by atoms with Crippen LogP contribution in [0.5, 0.6) is 0 Å². The number of benzene rings is 1. The van der Waals surface area contributed by atoms with Crippen LogP contribution >= 0.6 is 0 Å². The number of rotatable bonds is 4. The summed E-state index contributed by atoms with van der Waals surface area (Å²) in [6, 6.07) is 13.6. The quantitative estimate of drug-likeness (QED) is 0.899. The van der Waals surface area contributed by atoms with Crippen LogP contribution in [0.15, 0.2) is 42.5 Å². The summed E-state index contributed by atoms with van der Waals surface area (Å²) in [5.41, 5.74) is 1.03. The van der Waals surface area contributed by atoms with E-state index < -0.39 is 0 Å². The maximum absolute atomic E-state index is 12.0. The van der Waals surface area contributed by atoms with Crippen LogP contribution in [-0.2, 0) is 0 Å². The average molecular weight is 325 g/mol. The molecule has 0 saturated heterocycles. The van der Waals surface area contributed by atoms with E-state index >= 15 is 0 Å². The van der Waals surface area contributed by atoms with Crippen molar-refractivity contribution in [3.05, 3.63) is 42.5 Å². The lowest BCUT2D eigenvalue weighted by molar-refractivity contribution is 0.244. The van der Waals surface area contributed by atoms with E-state index in [0.717, 1.165) is 24.3 Å². The fourth-order valence-corrected chi connectivity index (χ4v) is 2.94. The second kappa shape index (κ2) is 7.77.